The molecule has 0 aliphatic rings. The van der Waals surface area contributed by atoms with Crippen molar-refractivity contribution in [2.24, 2.45) is 0 Å². The molecule has 0 unspecified atom stereocenters. The molecule has 0 bridgehead atoms. The van der Waals surface area contributed by atoms with Gasteiger partial charge in [0.2, 0.25) is 5.91 Å². The van der Waals surface area contributed by atoms with Crippen LogP contribution in [-0.4, -0.2) is 30.0 Å². The van der Waals surface area contributed by atoms with E-state index in [0.717, 1.165) is 6.26 Å². The Hall–Kier alpha value is -3.00. The summed E-state index contributed by atoms with van der Waals surface area (Å²) in [6.45, 7) is 0. The number of hydrogen-bond acceptors (Lipinski definition) is 5. The predicted molar refractivity (Wildman–Crippen MR) is 93.3 cm³/mol. The summed E-state index contributed by atoms with van der Waals surface area (Å²) in [5.74, 6) is -0.387. The fourth-order valence-corrected chi connectivity index (χ4v) is 2.98. The summed E-state index contributed by atoms with van der Waals surface area (Å²) < 4.78 is 24.2. The Morgan fingerprint density at radius 1 is 1.16 bits per heavy atom. The molecule has 0 fully saturated rings. The van der Waals surface area contributed by atoms with E-state index in [1.165, 1.54) is 22.7 Å². The van der Waals surface area contributed by atoms with Crippen molar-refractivity contribution < 1.29 is 13.2 Å². The standard InChI is InChI=1S/C17H15N3O4S/c1-25(23,24)13-7-5-12(6-8-13)10-16(21)19-14-11-18-15-4-2-3-9-20(15)17(14)22/h2-9,11H,10H2,1H3,(H,19,21). The van der Waals surface area contributed by atoms with Gasteiger partial charge in [-0.2, -0.15) is 0 Å². The Bertz CT molecular complexity index is 1100. The first-order valence-corrected chi connectivity index (χ1v) is 9.29. The SMILES string of the molecule is CS(=O)(=O)c1ccc(CC(=O)Nc2cnc3ccccn3c2=O)cc1. The number of aromatic nitrogens is 2. The summed E-state index contributed by atoms with van der Waals surface area (Å²) in [6, 6.07) is 11.2. The van der Waals surface area contributed by atoms with Crippen LogP contribution in [0.25, 0.3) is 5.65 Å². The van der Waals surface area contributed by atoms with Gasteiger partial charge in [-0.1, -0.05) is 18.2 Å². The fourth-order valence-electron chi connectivity index (χ4n) is 2.35. The summed E-state index contributed by atoms with van der Waals surface area (Å²) >= 11 is 0. The van der Waals surface area contributed by atoms with Crippen molar-refractivity contribution in [3.8, 4) is 0 Å². The summed E-state index contributed by atoms with van der Waals surface area (Å²) in [4.78, 5) is 28.8. The average molecular weight is 357 g/mol. The minimum absolute atomic E-state index is 0.0149. The minimum Gasteiger partial charge on any atom is -0.320 e. The smallest absolute Gasteiger partial charge is 0.281 e. The molecule has 2 aromatic heterocycles. The van der Waals surface area contributed by atoms with Gasteiger partial charge in [0.05, 0.1) is 17.5 Å². The van der Waals surface area contributed by atoms with Crippen molar-refractivity contribution in [1.29, 1.82) is 0 Å². The molecule has 3 rings (SSSR count). The second-order valence-corrected chi connectivity index (χ2v) is 7.56. The maximum atomic E-state index is 12.3. The van der Waals surface area contributed by atoms with Crippen LogP contribution >= 0.6 is 0 Å². The van der Waals surface area contributed by atoms with E-state index in [1.807, 2.05) is 0 Å². The average Bonchev–Trinajstić information content (AvgIpc) is 2.57. The summed E-state index contributed by atoms with van der Waals surface area (Å²) in [5, 5.41) is 2.54. The molecule has 8 heteroatoms. The number of benzene rings is 1. The Morgan fingerprint density at radius 2 is 1.88 bits per heavy atom. The second kappa shape index (κ2) is 6.48. The number of pyridine rings is 1. The quantitative estimate of drug-likeness (QED) is 0.758. The molecule has 0 spiro atoms. The molecule has 3 aromatic rings. The normalized spacial score (nSPS) is 11.4. The lowest BCUT2D eigenvalue weighted by molar-refractivity contribution is -0.115. The van der Waals surface area contributed by atoms with Crippen LogP contribution in [0.3, 0.4) is 0 Å². The highest BCUT2D eigenvalue weighted by molar-refractivity contribution is 7.90. The van der Waals surface area contributed by atoms with Crippen molar-refractivity contribution in [3.05, 3.63) is 70.8 Å². The predicted octanol–water partition coefficient (Wildman–Crippen LogP) is 1.28. The Morgan fingerprint density at radius 3 is 2.56 bits per heavy atom. The highest BCUT2D eigenvalue weighted by Gasteiger charge is 2.11. The van der Waals surface area contributed by atoms with E-state index in [1.54, 1.807) is 36.5 Å². The number of nitrogens with one attached hydrogen (secondary N) is 1. The molecule has 7 nitrogen and oxygen atoms in total. The van der Waals surface area contributed by atoms with E-state index in [4.69, 9.17) is 0 Å². The molecule has 128 valence electrons. The number of rotatable bonds is 4. The molecule has 2 heterocycles. The number of anilines is 1. The Balaban J connectivity index is 1.77. The molecule has 0 radical (unpaired) electrons. The lowest BCUT2D eigenvalue weighted by Crippen LogP contribution is -2.24. The minimum atomic E-state index is -3.28. The summed E-state index contributed by atoms with van der Waals surface area (Å²) in [6.07, 6.45) is 4.03. The van der Waals surface area contributed by atoms with E-state index in [0.29, 0.717) is 11.2 Å². The Kier molecular flexibility index (Phi) is 4.37. The van der Waals surface area contributed by atoms with Crippen molar-refractivity contribution in [1.82, 2.24) is 9.38 Å². The van der Waals surface area contributed by atoms with Crippen LogP contribution in [0.4, 0.5) is 5.69 Å². The molecule has 0 saturated carbocycles. The lowest BCUT2D eigenvalue weighted by atomic mass is 10.1. The number of nitrogens with zero attached hydrogens (tertiary/aromatic N) is 2. The second-order valence-electron chi connectivity index (χ2n) is 5.55. The molecule has 0 aliphatic carbocycles. The zero-order valence-electron chi connectivity index (χ0n) is 13.3. The number of carbonyl (C=O) groups is 1. The summed E-state index contributed by atoms with van der Waals surface area (Å²) in [5.41, 5.74) is 0.841. The monoisotopic (exact) mass is 357 g/mol. The van der Waals surface area contributed by atoms with Crippen molar-refractivity contribution in [2.45, 2.75) is 11.3 Å². The molecule has 0 saturated heterocycles. The maximum absolute atomic E-state index is 12.3. The molecular formula is C17H15N3O4S. The molecule has 0 aliphatic heterocycles. The van der Waals surface area contributed by atoms with Crippen LogP contribution in [0.1, 0.15) is 5.56 Å². The van der Waals surface area contributed by atoms with Gasteiger partial charge < -0.3 is 5.32 Å². The van der Waals surface area contributed by atoms with Crippen molar-refractivity contribution in [3.63, 3.8) is 0 Å². The van der Waals surface area contributed by atoms with Gasteiger partial charge in [0.1, 0.15) is 11.3 Å². The zero-order chi connectivity index (χ0) is 18.0. The fraction of sp³-hybridized carbons (Fsp3) is 0.118. The van der Waals surface area contributed by atoms with E-state index < -0.39 is 9.84 Å². The van der Waals surface area contributed by atoms with E-state index in [2.05, 4.69) is 10.3 Å². The van der Waals surface area contributed by atoms with Gasteiger partial charge in [-0.05, 0) is 29.8 Å². The highest BCUT2D eigenvalue weighted by atomic mass is 32.2. The van der Waals surface area contributed by atoms with Gasteiger partial charge >= 0.3 is 0 Å². The molecule has 1 N–H and O–H groups in total. The van der Waals surface area contributed by atoms with Crippen molar-refractivity contribution in [2.75, 3.05) is 11.6 Å². The number of carbonyl (C=O) groups excluding carboxylic acids is 1. The van der Waals surface area contributed by atoms with Crippen LogP contribution in [-0.2, 0) is 21.1 Å². The van der Waals surface area contributed by atoms with E-state index >= 15 is 0 Å². The van der Waals surface area contributed by atoms with Crippen LogP contribution in [0, 0.1) is 0 Å². The van der Waals surface area contributed by atoms with Gasteiger partial charge in [0.15, 0.2) is 9.84 Å². The van der Waals surface area contributed by atoms with Crippen LogP contribution < -0.4 is 10.9 Å². The number of amides is 1. The van der Waals surface area contributed by atoms with Crippen LogP contribution in [0.5, 0.6) is 0 Å². The largest absolute Gasteiger partial charge is 0.320 e. The zero-order valence-corrected chi connectivity index (χ0v) is 14.2. The van der Waals surface area contributed by atoms with Gasteiger partial charge in [0, 0.05) is 12.5 Å². The molecule has 25 heavy (non-hydrogen) atoms. The third-order valence-corrected chi connectivity index (χ3v) is 4.73. The summed E-state index contributed by atoms with van der Waals surface area (Å²) in [7, 11) is -3.28. The van der Waals surface area contributed by atoms with Crippen molar-refractivity contribution >= 4 is 27.1 Å². The van der Waals surface area contributed by atoms with E-state index in [9.17, 15) is 18.0 Å². The number of fused-ring (bicyclic) bond motifs is 1. The first-order chi connectivity index (χ1) is 11.8. The van der Waals surface area contributed by atoms with Gasteiger partial charge in [0.25, 0.3) is 5.56 Å². The molecular weight excluding hydrogens is 342 g/mol. The number of hydrogen-bond donors (Lipinski definition) is 1. The highest BCUT2D eigenvalue weighted by Crippen LogP contribution is 2.11. The van der Waals surface area contributed by atoms with E-state index in [-0.39, 0.29) is 28.5 Å². The van der Waals surface area contributed by atoms with Crippen LogP contribution in [0.15, 0.2) is 64.5 Å². The Labute approximate surface area is 143 Å². The third-order valence-electron chi connectivity index (χ3n) is 3.60. The number of sulfone groups is 1. The maximum Gasteiger partial charge on any atom is 0.281 e. The third kappa shape index (κ3) is 3.74. The lowest BCUT2D eigenvalue weighted by Gasteiger charge is -2.07. The molecule has 0 atom stereocenters. The van der Waals surface area contributed by atoms with Gasteiger partial charge in [-0.15, -0.1) is 0 Å². The topological polar surface area (TPSA) is 97.6 Å². The molecule has 1 aromatic carbocycles. The van der Waals surface area contributed by atoms with Crippen LogP contribution in [0.2, 0.25) is 0 Å². The molecule has 1 amide bonds. The van der Waals surface area contributed by atoms with Gasteiger partial charge in [-0.25, -0.2) is 13.4 Å². The van der Waals surface area contributed by atoms with Gasteiger partial charge in [-0.3, -0.25) is 14.0 Å². The first kappa shape index (κ1) is 16.8. The first-order valence-electron chi connectivity index (χ1n) is 7.40.